The Bertz CT molecular complexity index is 417. The molecule has 5 heteroatoms. The summed E-state index contributed by atoms with van der Waals surface area (Å²) >= 11 is 3.28. The Labute approximate surface area is 102 Å². The maximum Gasteiger partial charge on any atom is 0.319 e. The van der Waals surface area contributed by atoms with E-state index in [0.29, 0.717) is 0 Å². The first kappa shape index (κ1) is 12.7. The molecule has 4 nitrogen and oxygen atoms in total. The SMILES string of the molecule is CC(Cc1cccc(Br)c1)(C(N)=O)C(=O)O. The normalized spacial score (nSPS) is 14.1. The summed E-state index contributed by atoms with van der Waals surface area (Å²) in [5.41, 5.74) is 4.31. The summed E-state index contributed by atoms with van der Waals surface area (Å²) in [7, 11) is 0. The van der Waals surface area contributed by atoms with Crippen LogP contribution in [0.3, 0.4) is 0 Å². The molecular formula is C11H12BrNO3. The zero-order chi connectivity index (χ0) is 12.3. The van der Waals surface area contributed by atoms with Crippen LogP contribution in [0.25, 0.3) is 0 Å². The van der Waals surface area contributed by atoms with Gasteiger partial charge in [-0.25, -0.2) is 0 Å². The number of nitrogens with two attached hydrogens (primary N) is 1. The standard InChI is InChI=1S/C11H12BrNO3/c1-11(9(13)14,10(15)16)6-7-3-2-4-8(12)5-7/h2-5H,6H2,1H3,(H2,13,14)(H,15,16). The molecule has 1 rings (SSSR count). The third-order valence-electron chi connectivity index (χ3n) is 2.46. The second kappa shape index (κ2) is 4.65. The van der Waals surface area contributed by atoms with Gasteiger partial charge in [0.25, 0.3) is 0 Å². The van der Waals surface area contributed by atoms with Crippen LogP contribution in [0.2, 0.25) is 0 Å². The summed E-state index contributed by atoms with van der Waals surface area (Å²) in [6, 6.07) is 7.13. The minimum Gasteiger partial charge on any atom is -0.480 e. The molecule has 0 aliphatic heterocycles. The van der Waals surface area contributed by atoms with Gasteiger partial charge < -0.3 is 10.8 Å². The molecule has 1 unspecified atom stereocenters. The van der Waals surface area contributed by atoms with Gasteiger partial charge in [0.05, 0.1) is 0 Å². The lowest BCUT2D eigenvalue weighted by Gasteiger charge is -2.20. The van der Waals surface area contributed by atoms with E-state index in [4.69, 9.17) is 10.8 Å². The number of primary amides is 1. The Kier molecular flexibility index (Phi) is 3.70. The maximum absolute atomic E-state index is 11.2. The van der Waals surface area contributed by atoms with E-state index in [-0.39, 0.29) is 6.42 Å². The van der Waals surface area contributed by atoms with Crippen molar-refractivity contribution in [3.05, 3.63) is 34.3 Å². The summed E-state index contributed by atoms with van der Waals surface area (Å²) in [6.07, 6.45) is 0.0805. The molecule has 86 valence electrons. The third kappa shape index (κ3) is 2.61. The second-order valence-electron chi connectivity index (χ2n) is 3.81. The minimum atomic E-state index is -1.57. The zero-order valence-electron chi connectivity index (χ0n) is 8.74. The summed E-state index contributed by atoms with van der Waals surface area (Å²) in [5, 5.41) is 9.02. The summed E-state index contributed by atoms with van der Waals surface area (Å²) in [6.45, 7) is 1.33. The Morgan fingerprint density at radius 2 is 2.12 bits per heavy atom. The van der Waals surface area contributed by atoms with Crippen molar-refractivity contribution in [3.63, 3.8) is 0 Å². The van der Waals surface area contributed by atoms with E-state index in [2.05, 4.69) is 15.9 Å². The molecule has 0 saturated carbocycles. The molecule has 1 atom stereocenters. The number of amides is 1. The van der Waals surface area contributed by atoms with Crippen molar-refractivity contribution in [2.24, 2.45) is 11.1 Å². The Hall–Kier alpha value is -1.36. The van der Waals surface area contributed by atoms with Gasteiger partial charge in [-0.15, -0.1) is 0 Å². The lowest BCUT2D eigenvalue weighted by Crippen LogP contribution is -2.43. The highest BCUT2D eigenvalue weighted by Gasteiger charge is 2.39. The van der Waals surface area contributed by atoms with Gasteiger partial charge >= 0.3 is 5.97 Å². The van der Waals surface area contributed by atoms with Crippen LogP contribution in [0.4, 0.5) is 0 Å². The molecule has 0 aliphatic rings. The van der Waals surface area contributed by atoms with Gasteiger partial charge in [0.2, 0.25) is 5.91 Å². The van der Waals surface area contributed by atoms with Crippen molar-refractivity contribution in [1.82, 2.24) is 0 Å². The third-order valence-corrected chi connectivity index (χ3v) is 2.96. The highest BCUT2D eigenvalue weighted by molar-refractivity contribution is 9.10. The molecule has 0 radical (unpaired) electrons. The van der Waals surface area contributed by atoms with Crippen LogP contribution in [-0.4, -0.2) is 17.0 Å². The number of halogens is 1. The fraction of sp³-hybridized carbons (Fsp3) is 0.273. The minimum absolute atomic E-state index is 0.0805. The Morgan fingerprint density at radius 1 is 1.50 bits per heavy atom. The topological polar surface area (TPSA) is 80.4 Å². The number of hydrogen-bond acceptors (Lipinski definition) is 2. The monoisotopic (exact) mass is 285 g/mol. The molecule has 0 fully saturated rings. The number of hydrogen-bond donors (Lipinski definition) is 2. The van der Waals surface area contributed by atoms with Crippen molar-refractivity contribution in [2.75, 3.05) is 0 Å². The number of carboxylic acid groups (broad SMARTS) is 1. The molecule has 1 aromatic rings. The molecule has 0 saturated heterocycles. The first-order valence-corrected chi connectivity index (χ1v) is 5.43. The molecule has 1 aromatic carbocycles. The van der Waals surface area contributed by atoms with Crippen LogP contribution < -0.4 is 5.73 Å². The number of carbonyl (C=O) groups excluding carboxylic acids is 1. The van der Waals surface area contributed by atoms with Gasteiger partial charge in [0.1, 0.15) is 5.41 Å². The molecular weight excluding hydrogens is 274 g/mol. The van der Waals surface area contributed by atoms with Crippen LogP contribution in [0.5, 0.6) is 0 Å². The summed E-state index contributed by atoms with van der Waals surface area (Å²) in [4.78, 5) is 22.2. The quantitative estimate of drug-likeness (QED) is 0.824. The number of rotatable bonds is 4. The van der Waals surface area contributed by atoms with Crippen LogP contribution in [0.1, 0.15) is 12.5 Å². The predicted octanol–water partition coefficient (Wildman–Crippen LogP) is 1.57. The first-order chi connectivity index (χ1) is 7.36. The molecule has 0 aliphatic carbocycles. The predicted molar refractivity (Wildman–Crippen MR) is 62.8 cm³/mol. The largest absolute Gasteiger partial charge is 0.480 e. The summed E-state index contributed by atoms with van der Waals surface area (Å²) in [5.74, 6) is -2.04. The van der Waals surface area contributed by atoms with Gasteiger partial charge in [-0.1, -0.05) is 28.1 Å². The number of benzene rings is 1. The van der Waals surface area contributed by atoms with Crippen molar-refractivity contribution in [1.29, 1.82) is 0 Å². The van der Waals surface area contributed by atoms with E-state index in [1.165, 1.54) is 6.92 Å². The van der Waals surface area contributed by atoms with E-state index in [1.807, 2.05) is 6.07 Å². The second-order valence-corrected chi connectivity index (χ2v) is 4.72. The van der Waals surface area contributed by atoms with Gasteiger partial charge in [-0.05, 0) is 31.0 Å². The number of aliphatic carboxylic acids is 1. The van der Waals surface area contributed by atoms with E-state index in [0.717, 1.165) is 10.0 Å². The van der Waals surface area contributed by atoms with Gasteiger partial charge in [0, 0.05) is 4.47 Å². The molecule has 0 heterocycles. The molecule has 0 bridgehead atoms. The molecule has 3 N–H and O–H groups in total. The average Bonchev–Trinajstić information content (AvgIpc) is 2.16. The first-order valence-electron chi connectivity index (χ1n) is 4.64. The van der Waals surface area contributed by atoms with E-state index in [1.54, 1.807) is 18.2 Å². The highest BCUT2D eigenvalue weighted by Crippen LogP contribution is 2.24. The molecule has 0 spiro atoms. The number of carbonyl (C=O) groups is 2. The Balaban J connectivity index is 3.02. The van der Waals surface area contributed by atoms with Gasteiger partial charge in [-0.3, -0.25) is 9.59 Å². The van der Waals surface area contributed by atoms with Crippen molar-refractivity contribution in [2.45, 2.75) is 13.3 Å². The van der Waals surface area contributed by atoms with E-state index >= 15 is 0 Å². The van der Waals surface area contributed by atoms with Crippen LogP contribution in [-0.2, 0) is 16.0 Å². The van der Waals surface area contributed by atoms with Crippen LogP contribution in [0.15, 0.2) is 28.7 Å². The van der Waals surface area contributed by atoms with Crippen molar-refractivity contribution < 1.29 is 14.7 Å². The number of carboxylic acids is 1. The fourth-order valence-electron chi connectivity index (χ4n) is 1.32. The molecule has 16 heavy (non-hydrogen) atoms. The maximum atomic E-state index is 11.2. The highest BCUT2D eigenvalue weighted by atomic mass is 79.9. The Morgan fingerprint density at radius 3 is 2.56 bits per heavy atom. The van der Waals surface area contributed by atoms with E-state index in [9.17, 15) is 9.59 Å². The molecule has 0 aromatic heterocycles. The lowest BCUT2D eigenvalue weighted by atomic mass is 9.83. The lowest BCUT2D eigenvalue weighted by molar-refractivity contribution is -0.153. The summed E-state index contributed by atoms with van der Waals surface area (Å²) < 4.78 is 0.835. The van der Waals surface area contributed by atoms with Crippen LogP contribution >= 0.6 is 15.9 Å². The van der Waals surface area contributed by atoms with Crippen LogP contribution in [0, 0.1) is 5.41 Å². The zero-order valence-corrected chi connectivity index (χ0v) is 10.3. The smallest absolute Gasteiger partial charge is 0.319 e. The average molecular weight is 286 g/mol. The van der Waals surface area contributed by atoms with Gasteiger partial charge in [0.15, 0.2) is 0 Å². The fourth-order valence-corrected chi connectivity index (χ4v) is 1.77. The van der Waals surface area contributed by atoms with E-state index < -0.39 is 17.3 Å². The van der Waals surface area contributed by atoms with Gasteiger partial charge in [-0.2, -0.15) is 0 Å². The van der Waals surface area contributed by atoms with Crippen molar-refractivity contribution >= 4 is 27.8 Å². The van der Waals surface area contributed by atoms with Crippen molar-refractivity contribution in [3.8, 4) is 0 Å². The molecule has 1 amide bonds.